The summed E-state index contributed by atoms with van der Waals surface area (Å²) in [5.41, 5.74) is -1.62. The highest BCUT2D eigenvalue weighted by molar-refractivity contribution is 6.48. The summed E-state index contributed by atoms with van der Waals surface area (Å²) in [6.07, 6.45) is 7.84. The van der Waals surface area contributed by atoms with Crippen LogP contribution in [0.5, 0.6) is 0 Å². The van der Waals surface area contributed by atoms with Crippen molar-refractivity contribution >= 4 is 12.9 Å². The molecule has 3 saturated carbocycles. The summed E-state index contributed by atoms with van der Waals surface area (Å²) in [5, 5.41) is 11.4. The minimum Gasteiger partial charge on any atom is -0.403 e. The van der Waals surface area contributed by atoms with Gasteiger partial charge in [0, 0.05) is 17.7 Å². The van der Waals surface area contributed by atoms with E-state index in [1.54, 1.807) is 0 Å². The second-order valence-electron chi connectivity index (χ2n) is 10.0. The lowest BCUT2D eigenvalue weighted by Crippen LogP contribution is -2.44. The van der Waals surface area contributed by atoms with Crippen LogP contribution in [0.2, 0.25) is 5.82 Å². The smallest absolute Gasteiger partial charge is 0.403 e. The molecule has 1 N–H and O–H groups in total. The van der Waals surface area contributed by atoms with Gasteiger partial charge in [0.25, 0.3) is 0 Å². The molecule has 0 aromatic heterocycles. The van der Waals surface area contributed by atoms with Crippen molar-refractivity contribution in [3.8, 4) is 0 Å². The fraction of sp³-hybridized carbons (Fsp3) is 0.950. The molecule has 0 unspecified atom stereocenters. The van der Waals surface area contributed by atoms with Crippen LogP contribution in [0.1, 0.15) is 79.1 Å². The Morgan fingerprint density at radius 2 is 1.56 bits per heavy atom. The van der Waals surface area contributed by atoms with E-state index in [1.165, 1.54) is 6.42 Å². The largest absolute Gasteiger partial charge is 0.462 e. The van der Waals surface area contributed by atoms with Gasteiger partial charge in [-0.05, 0) is 72.1 Å². The van der Waals surface area contributed by atoms with E-state index in [2.05, 4.69) is 27.7 Å². The van der Waals surface area contributed by atoms with Crippen molar-refractivity contribution in [2.75, 3.05) is 0 Å². The van der Waals surface area contributed by atoms with Gasteiger partial charge in [-0.15, -0.1) is 0 Å². The molecule has 0 aromatic carbocycles. The van der Waals surface area contributed by atoms with Crippen molar-refractivity contribution in [1.82, 2.24) is 0 Å². The van der Waals surface area contributed by atoms with Gasteiger partial charge >= 0.3 is 7.12 Å². The zero-order chi connectivity index (χ0) is 18.0. The van der Waals surface area contributed by atoms with Gasteiger partial charge < -0.3 is 14.4 Å². The van der Waals surface area contributed by atoms with E-state index in [4.69, 9.17) is 9.31 Å². The van der Waals surface area contributed by atoms with E-state index < -0.39 is 5.60 Å². The second-order valence-corrected chi connectivity index (χ2v) is 10.0. The highest BCUT2D eigenvalue weighted by atomic mass is 16.7. The Morgan fingerprint density at radius 3 is 2.24 bits per heavy atom. The van der Waals surface area contributed by atoms with E-state index in [-0.39, 0.29) is 36.0 Å². The van der Waals surface area contributed by atoms with Crippen LogP contribution in [0.3, 0.4) is 0 Å². The molecule has 5 heteroatoms. The average Bonchev–Trinajstić information content (AvgIpc) is 2.95. The topological polar surface area (TPSA) is 55.8 Å². The van der Waals surface area contributed by atoms with Crippen LogP contribution in [-0.2, 0) is 14.1 Å². The summed E-state index contributed by atoms with van der Waals surface area (Å²) in [6.45, 7) is 8.22. The maximum absolute atomic E-state index is 13.5. The molecular formula is C20H33BO4. The molecule has 4 nitrogen and oxygen atoms in total. The number of hydrogen-bond acceptors (Lipinski definition) is 4. The number of Topliss-reactive ketones (excluding diaryl/α,β-unsaturated/α-hetero) is 1. The van der Waals surface area contributed by atoms with Crippen LogP contribution in [0.15, 0.2) is 0 Å². The van der Waals surface area contributed by atoms with Gasteiger partial charge in [-0.3, -0.25) is 4.79 Å². The third kappa shape index (κ3) is 2.73. The van der Waals surface area contributed by atoms with Gasteiger partial charge in [-0.1, -0.05) is 12.8 Å². The Morgan fingerprint density at radius 1 is 0.960 bits per heavy atom. The molecule has 1 aliphatic heterocycles. The van der Waals surface area contributed by atoms with E-state index in [0.29, 0.717) is 18.1 Å². The van der Waals surface area contributed by atoms with Crippen LogP contribution >= 0.6 is 0 Å². The highest BCUT2D eigenvalue weighted by Gasteiger charge is 2.63. The number of aliphatic hydroxyl groups is 1. The zero-order valence-electron chi connectivity index (χ0n) is 16.2. The van der Waals surface area contributed by atoms with E-state index >= 15 is 0 Å². The van der Waals surface area contributed by atoms with Crippen LogP contribution in [0.25, 0.3) is 0 Å². The lowest BCUT2D eigenvalue weighted by atomic mass is 9.61. The van der Waals surface area contributed by atoms with Gasteiger partial charge in [-0.25, -0.2) is 0 Å². The molecule has 4 fully saturated rings. The molecule has 0 aromatic rings. The third-order valence-electron chi connectivity index (χ3n) is 8.07. The minimum absolute atomic E-state index is 0.0146. The Hall–Kier alpha value is -0.385. The van der Waals surface area contributed by atoms with Crippen molar-refractivity contribution < 1.29 is 19.2 Å². The number of carbonyl (C=O) groups excluding carboxylic acids is 1. The van der Waals surface area contributed by atoms with Crippen LogP contribution in [0, 0.1) is 17.8 Å². The van der Waals surface area contributed by atoms with Gasteiger partial charge in [0.1, 0.15) is 5.78 Å². The number of ketones is 1. The predicted octanol–water partition coefficient (Wildman–Crippen LogP) is 3.76. The Labute approximate surface area is 152 Å². The van der Waals surface area contributed by atoms with Crippen molar-refractivity contribution in [1.29, 1.82) is 0 Å². The van der Waals surface area contributed by atoms with E-state index in [0.717, 1.165) is 38.5 Å². The summed E-state index contributed by atoms with van der Waals surface area (Å²) < 4.78 is 12.6. The molecular weight excluding hydrogens is 315 g/mol. The van der Waals surface area contributed by atoms with Crippen molar-refractivity contribution in [2.24, 2.45) is 17.8 Å². The normalized spacial score (nSPS) is 45.8. The SMILES string of the molecule is CC1(C)OB([C@H]2CC[C@]3(O)CC[C@@H]4CCCC[C@@H]4C(=O)[C@@H]23)OC1(C)C. The van der Waals surface area contributed by atoms with Crippen molar-refractivity contribution in [3.63, 3.8) is 0 Å². The highest BCUT2D eigenvalue weighted by Crippen LogP contribution is 2.56. The Bertz CT molecular complexity index is 544. The maximum atomic E-state index is 13.5. The molecule has 3 aliphatic carbocycles. The maximum Gasteiger partial charge on any atom is 0.462 e. The second kappa shape index (κ2) is 5.80. The van der Waals surface area contributed by atoms with Gasteiger partial charge in [0.05, 0.1) is 16.8 Å². The first-order valence-corrected chi connectivity index (χ1v) is 10.3. The molecule has 4 aliphatic rings. The Kier molecular flexibility index (Phi) is 4.18. The molecule has 0 radical (unpaired) electrons. The first-order chi connectivity index (χ1) is 11.6. The molecule has 0 amide bonds. The third-order valence-corrected chi connectivity index (χ3v) is 8.07. The fourth-order valence-electron chi connectivity index (χ4n) is 5.84. The number of carbonyl (C=O) groups is 1. The predicted molar refractivity (Wildman–Crippen MR) is 97.2 cm³/mol. The summed E-state index contributed by atoms with van der Waals surface area (Å²) in [4.78, 5) is 13.5. The summed E-state index contributed by atoms with van der Waals surface area (Å²) in [6, 6.07) is 0. The average molecular weight is 348 g/mol. The Balaban J connectivity index is 1.62. The first-order valence-electron chi connectivity index (χ1n) is 10.3. The lowest BCUT2D eigenvalue weighted by Gasteiger charge is -2.33. The van der Waals surface area contributed by atoms with Gasteiger partial charge in [0.2, 0.25) is 0 Å². The van der Waals surface area contributed by atoms with Crippen LogP contribution in [-0.4, -0.2) is 34.8 Å². The van der Waals surface area contributed by atoms with E-state index in [9.17, 15) is 9.90 Å². The van der Waals surface area contributed by atoms with Crippen LogP contribution in [0.4, 0.5) is 0 Å². The molecule has 1 heterocycles. The van der Waals surface area contributed by atoms with E-state index in [1.807, 2.05) is 0 Å². The number of fused-ring (bicyclic) bond motifs is 2. The summed E-state index contributed by atoms with van der Waals surface area (Å²) in [7, 11) is -0.381. The monoisotopic (exact) mass is 348 g/mol. The molecule has 140 valence electrons. The summed E-state index contributed by atoms with van der Waals surface area (Å²) in [5.74, 6) is 0.613. The summed E-state index contributed by atoms with van der Waals surface area (Å²) >= 11 is 0. The zero-order valence-corrected chi connectivity index (χ0v) is 16.2. The molecule has 4 rings (SSSR count). The lowest BCUT2D eigenvalue weighted by molar-refractivity contribution is -0.134. The first kappa shape index (κ1) is 18.0. The number of rotatable bonds is 1. The van der Waals surface area contributed by atoms with Gasteiger partial charge in [0.15, 0.2) is 0 Å². The standard InChI is InChI=1S/C20H33BO4/c1-18(2)19(3,4)25-21(24-18)15-10-12-20(23)11-9-13-7-5-6-8-14(13)17(22)16(15)20/h13-16,23H,5-12H2,1-4H3/t13-,14-,15-,16+,20+/m0/s1. The fourth-order valence-corrected chi connectivity index (χ4v) is 5.84. The molecule has 25 heavy (non-hydrogen) atoms. The molecule has 5 atom stereocenters. The molecule has 0 spiro atoms. The van der Waals surface area contributed by atoms with Crippen molar-refractivity contribution in [2.45, 2.75) is 102 Å². The van der Waals surface area contributed by atoms with Crippen LogP contribution < -0.4 is 0 Å². The van der Waals surface area contributed by atoms with Crippen molar-refractivity contribution in [3.05, 3.63) is 0 Å². The molecule has 0 bridgehead atoms. The molecule has 1 saturated heterocycles. The quantitative estimate of drug-likeness (QED) is 0.733. The number of hydrogen-bond donors (Lipinski definition) is 1. The van der Waals surface area contributed by atoms with Gasteiger partial charge in [-0.2, -0.15) is 0 Å². The minimum atomic E-state index is -0.845.